The number of piperazine rings is 1. The van der Waals surface area contributed by atoms with E-state index in [-0.39, 0.29) is 36.8 Å². The molecule has 0 radical (unpaired) electrons. The summed E-state index contributed by atoms with van der Waals surface area (Å²) in [4.78, 5) is 24.3. The van der Waals surface area contributed by atoms with Crippen LogP contribution in [0.4, 0.5) is 4.39 Å². The Kier molecular flexibility index (Phi) is 3.72. The normalized spacial score (nSPS) is 18.6. The van der Waals surface area contributed by atoms with Crippen LogP contribution in [0.2, 0.25) is 0 Å². The Morgan fingerprint density at radius 2 is 1.78 bits per heavy atom. The van der Waals surface area contributed by atoms with E-state index in [0.29, 0.717) is 6.42 Å². The zero-order chi connectivity index (χ0) is 13.1. The summed E-state index contributed by atoms with van der Waals surface area (Å²) in [6, 6.07) is 6.33. The molecule has 1 atom stereocenters. The minimum absolute atomic E-state index is 0.0606. The highest BCUT2D eigenvalue weighted by atomic mass is 19.1. The van der Waals surface area contributed by atoms with Crippen LogP contribution in [0.3, 0.4) is 0 Å². The Morgan fingerprint density at radius 1 is 1.22 bits per heavy atom. The van der Waals surface area contributed by atoms with Gasteiger partial charge in [-0.1, -0.05) is 12.1 Å². The summed E-state index contributed by atoms with van der Waals surface area (Å²) in [5.41, 5.74) is 0.988. The minimum Gasteiger partial charge on any atom is -0.294 e. The second-order valence-corrected chi connectivity index (χ2v) is 4.56. The molecule has 1 aromatic carbocycles. The SMILES string of the molecule is CC(Cc1ccc(F)cc1)N1CC(=O)NC(=O)C1. The van der Waals surface area contributed by atoms with Crippen molar-refractivity contribution in [1.82, 2.24) is 10.2 Å². The molecule has 1 fully saturated rings. The summed E-state index contributed by atoms with van der Waals surface area (Å²) in [6.07, 6.45) is 0.681. The van der Waals surface area contributed by atoms with Crippen LogP contribution in [0.15, 0.2) is 24.3 Å². The van der Waals surface area contributed by atoms with Crippen LogP contribution < -0.4 is 5.32 Å². The Labute approximate surface area is 105 Å². The van der Waals surface area contributed by atoms with E-state index in [4.69, 9.17) is 0 Å². The summed E-state index contributed by atoms with van der Waals surface area (Å²) in [7, 11) is 0. The number of nitrogens with zero attached hydrogens (tertiary/aromatic N) is 1. The highest BCUT2D eigenvalue weighted by Gasteiger charge is 2.25. The van der Waals surface area contributed by atoms with E-state index in [9.17, 15) is 14.0 Å². The van der Waals surface area contributed by atoms with Gasteiger partial charge in [0.25, 0.3) is 0 Å². The lowest BCUT2D eigenvalue weighted by Crippen LogP contribution is -2.54. The predicted octanol–water partition coefficient (Wildman–Crippen LogP) is 0.715. The quantitative estimate of drug-likeness (QED) is 0.804. The van der Waals surface area contributed by atoms with Crippen molar-refractivity contribution < 1.29 is 14.0 Å². The molecule has 96 valence electrons. The average molecular weight is 250 g/mol. The fourth-order valence-electron chi connectivity index (χ4n) is 2.06. The first kappa shape index (κ1) is 12.7. The van der Waals surface area contributed by atoms with E-state index in [2.05, 4.69) is 5.32 Å². The fraction of sp³-hybridized carbons (Fsp3) is 0.385. The maximum absolute atomic E-state index is 12.8. The number of benzene rings is 1. The van der Waals surface area contributed by atoms with Gasteiger partial charge in [-0.05, 0) is 31.0 Å². The third-order valence-corrected chi connectivity index (χ3v) is 3.04. The van der Waals surface area contributed by atoms with Gasteiger partial charge in [0.15, 0.2) is 0 Å². The van der Waals surface area contributed by atoms with Gasteiger partial charge in [-0.2, -0.15) is 0 Å². The Morgan fingerprint density at radius 3 is 2.33 bits per heavy atom. The number of nitrogens with one attached hydrogen (secondary N) is 1. The Bertz CT molecular complexity index is 443. The van der Waals surface area contributed by atoms with Gasteiger partial charge in [-0.25, -0.2) is 4.39 Å². The maximum atomic E-state index is 12.8. The van der Waals surface area contributed by atoms with Crippen molar-refractivity contribution in [3.8, 4) is 0 Å². The molecule has 0 saturated carbocycles. The molecule has 1 saturated heterocycles. The second kappa shape index (κ2) is 5.27. The number of amides is 2. The minimum atomic E-state index is -0.266. The monoisotopic (exact) mass is 250 g/mol. The van der Waals surface area contributed by atoms with Gasteiger partial charge < -0.3 is 0 Å². The van der Waals surface area contributed by atoms with Gasteiger partial charge in [0.2, 0.25) is 11.8 Å². The molecule has 1 N–H and O–H groups in total. The molecule has 0 aromatic heterocycles. The van der Waals surface area contributed by atoms with E-state index in [1.165, 1.54) is 12.1 Å². The van der Waals surface area contributed by atoms with Crippen molar-refractivity contribution in [2.45, 2.75) is 19.4 Å². The molecular formula is C13H15FN2O2. The number of halogens is 1. The largest absolute Gasteiger partial charge is 0.294 e. The Hall–Kier alpha value is -1.75. The number of rotatable bonds is 3. The molecule has 4 nitrogen and oxygen atoms in total. The first-order valence-corrected chi connectivity index (χ1v) is 5.86. The van der Waals surface area contributed by atoms with Crippen LogP contribution in [-0.2, 0) is 16.0 Å². The van der Waals surface area contributed by atoms with Crippen LogP contribution in [0.25, 0.3) is 0 Å². The van der Waals surface area contributed by atoms with Gasteiger partial charge in [-0.3, -0.25) is 19.8 Å². The average Bonchev–Trinajstić information content (AvgIpc) is 2.31. The molecule has 1 aliphatic heterocycles. The second-order valence-electron chi connectivity index (χ2n) is 4.56. The summed E-state index contributed by atoms with van der Waals surface area (Å²) in [6.45, 7) is 2.41. The van der Waals surface area contributed by atoms with E-state index < -0.39 is 0 Å². The van der Waals surface area contributed by atoms with Crippen LogP contribution in [0, 0.1) is 5.82 Å². The molecule has 1 aromatic rings. The van der Waals surface area contributed by atoms with Crippen LogP contribution in [0.5, 0.6) is 0 Å². The van der Waals surface area contributed by atoms with Gasteiger partial charge in [-0.15, -0.1) is 0 Å². The van der Waals surface area contributed by atoms with Crippen molar-refractivity contribution in [3.63, 3.8) is 0 Å². The van der Waals surface area contributed by atoms with Crippen molar-refractivity contribution >= 4 is 11.8 Å². The van der Waals surface area contributed by atoms with Gasteiger partial charge in [0.1, 0.15) is 5.82 Å². The number of carbonyl (C=O) groups excluding carboxylic acids is 2. The number of carbonyl (C=O) groups is 2. The van der Waals surface area contributed by atoms with Crippen LogP contribution in [-0.4, -0.2) is 35.8 Å². The number of hydrogen-bond acceptors (Lipinski definition) is 3. The lowest BCUT2D eigenvalue weighted by Gasteiger charge is -2.31. The molecule has 0 aliphatic carbocycles. The molecule has 1 aliphatic rings. The van der Waals surface area contributed by atoms with E-state index in [0.717, 1.165) is 5.56 Å². The standard InChI is InChI=1S/C13H15FN2O2/c1-9(6-10-2-4-11(14)5-3-10)16-7-12(17)15-13(18)8-16/h2-5,9H,6-8H2,1H3,(H,15,17,18). The van der Waals surface area contributed by atoms with Crippen molar-refractivity contribution in [3.05, 3.63) is 35.6 Å². The molecule has 1 heterocycles. The van der Waals surface area contributed by atoms with Crippen molar-refractivity contribution in [1.29, 1.82) is 0 Å². The highest BCUT2D eigenvalue weighted by molar-refractivity contribution is 5.99. The lowest BCUT2D eigenvalue weighted by atomic mass is 10.1. The summed E-state index contributed by atoms with van der Waals surface area (Å²) >= 11 is 0. The Balaban J connectivity index is 1.98. The first-order valence-electron chi connectivity index (χ1n) is 5.86. The molecular weight excluding hydrogens is 235 g/mol. The lowest BCUT2D eigenvalue weighted by molar-refractivity contribution is -0.136. The molecule has 5 heteroatoms. The summed E-state index contributed by atoms with van der Waals surface area (Å²) in [5.74, 6) is -0.798. The van der Waals surface area contributed by atoms with Gasteiger partial charge >= 0.3 is 0 Å². The van der Waals surface area contributed by atoms with E-state index in [1.807, 2.05) is 11.8 Å². The first-order chi connectivity index (χ1) is 8.54. The number of imide groups is 1. The molecule has 0 bridgehead atoms. The zero-order valence-electron chi connectivity index (χ0n) is 10.1. The molecule has 18 heavy (non-hydrogen) atoms. The van der Waals surface area contributed by atoms with Crippen LogP contribution in [0.1, 0.15) is 12.5 Å². The molecule has 2 amide bonds. The topological polar surface area (TPSA) is 49.4 Å². The molecule has 2 rings (SSSR count). The molecule has 0 spiro atoms. The molecule has 1 unspecified atom stereocenters. The van der Waals surface area contributed by atoms with Crippen LogP contribution >= 0.6 is 0 Å². The number of hydrogen-bond donors (Lipinski definition) is 1. The van der Waals surface area contributed by atoms with E-state index >= 15 is 0 Å². The summed E-state index contributed by atoms with van der Waals surface area (Å²) in [5, 5.41) is 2.27. The van der Waals surface area contributed by atoms with Gasteiger partial charge in [0.05, 0.1) is 13.1 Å². The third-order valence-electron chi connectivity index (χ3n) is 3.04. The zero-order valence-corrected chi connectivity index (χ0v) is 10.1. The fourth-order valence-corrected chi connectivity index (χ4v) is 2.06. The van der Waals surface area contributed by atoms with Crippen molar-refractivity contribution in [2.24, 2.45) is 0 Å². The predicted molar refractivity (Wildman–Crippen MR) is 64.3 cm³/mol. The van der Waals surface area contributed by atoms with Gasteiger partial charge in [0, 0.05) is 6.04 Å². The summed E-state index contributed by atoms with van der Waals surface area (Å²) < 4.78 is 12.8. The smallest absolute Gasteiger partial charge is 0.240 e. The maximum Gasteiger partial charge on any atom is 0.240 e. The highest BCUT2D eigenvalue weighted by Crippen LogP contribution is 2.11. The third kappa shape index (κ3) is 3.13. The van der Waals surface area contributed by atoms with Crippen molar-refractivity contribution in [2.75, 3.05) is 13.1 Å². The van der Waals surface area contributed by atoms with E-state index in [1.54, 1.807) is 12.1 Å².